The molecule has 1 aliphatic rings. The molecule has 0 atom stereocenters. The van der Waals surface area contributed by atoms with Crippen LogP contribution in [-0.4, -0.2) is 36.1 Å². The van der Waals surface area contributed by atoms with Crippen LogP contribution in [-0.2, 0) is 11.2 Å². The number of aromatic amines is 1. The van der Waals surface area contributed by atoms with E-state index in [9.17, 15) is 14.0 Å². The largest absolute Gasteiger partial charge is 0.497 e. The fourth-order valence-electron chi connectivity index (χ4n) is 4.41. The Balaban J connectivity index is 1.37. The van der Waals surface area contributed by atoms with Crippen molar-refractivity contribution in [3.05, 3.63) is 60.0 Å². The zero-order valence-corrected chi connectivity index (χ0v) is 18.7. The number of benzene rings is 2. The Morgan fingerprint density at radius 1 is 1.09 bits per heavy atom. The molecule has 4 rings (SSSR count). The summed E-state index contributed by atoms with van der Waals surface area (Å²) >= 11 is 0. The summed E-state index contributed by atoms with van der Waals surface area (Å²) in [7, 11) is 1.63. The van der Waals surface area contributed by atoms with Gasteiger partial charge in [-0.1, -0.05) is 19.3 Å². The Hall–Kier alpha value is -3.55. The number of H-pyrrole nitrogens is 1. The minimum atomic E-state index is -0.981. The lowest BCUT2D eigenvalue weighted by Crippen LogP contribution is -2.60. The Morgan fingerprint density at radius 3 is 2.58 bits per heavy atom. The van der Waals surface area contributed by atoms with Gasteiger partial charge in [-0.15, -0.1) is 0 Å². The number of fused-ring (bicyclic) bond motifs is 1. The van der Waals surface area contributed by atoms with Crippen molar-refractivity contribution in [1.29, 1.82) is 0 Å². The van der Waals surface area contributed by atoms with Crippen LogP contribution in [0.25, 0.3) is 10.9 Å². The lowest BCUT2D eigenvalue weighted by molar-refractivity contribution is -0.123. The summed E-state index contributed by atoms with van der Waals surface area (Å²) in [5, 5.41) is 9.71. The maximum absolute atomic E-state index is 13.2. The van der Waals surface area contributed by atoms with Crippen LogP contribution in [0.5, 0.6) is 5.75 Å². The van der Waals surface area contributed by atoms with E-state index >= 15 is 0 Å². The van der Waals surface area contributed by atoms with Crippen LogP contribution in [0.15, 0.2) is 48.7 Å². The standard InChI is InChI=1S/C25H29FN4O3/c1-33-20-9-10-22-21(15-20)17(16-28-22)11-14-27-24(32)30-25(12-3-2-4-13-25)23(31)29-19-7-5-18(26)6-8-19/h5-10,15-16,28H,2-4,11-14H2,1H3,(H,29,31)(H2,27,30,32). The molecule has 1 aromatic heterocycles. The first-order valence-electron chi connectivity index (χ1n) is 11.3. The lowest BCUT2D eigenvalue weighted by Gasteiger charge is -2.36. The van der Waals surface area contributed by atoms with Crippen molar-refractivity contribution in [3.63, 3.8) is 0 Å². The summed E-state index contributed by atoms with van der Waals surface area (Å²) in [6.45, 7) is 0.422. The number of hydrogen-bond acceptors (Lipinski definition) is 3. The van der Waals surface area contributed by atoms with Gasteiger partial charge in [0.15, 0.2) is 0 Å². The van der Waals surface area contributed by atoms with Gasteiger partial charge in [-0.05, 0) is 67.3 Å². The Bertz CT molecular complexity index is 1120. The predicted molar refractivity (Wildman–Crippen MR) is 126 cm³/mol. The number of hydrogen-bond donors (Lipinski definition) is 4. The molecule has 0 radical (unpaired) electrons. The average molecular weight is 453 g/mol. The molecule has 33 heavy (non-hydrogen) atoms. The molecular weight excluding hydrogens is 423 g/mol. The van der Waals surface area contributed by atoms with E-state index in [2.05, 4.69) is 20.9 Å². The fourth-order valence-corrected chi connectivity index (χ4v) is 4.41. The van der Waals surface area contributed by atoms with Crippen LogP contribution in [0.1, 0.15) is 37.7 Å². The Kier molecular flexibility index (Phi) is 6.82. The topological polar surface area (TPSA) is 95.2 Å². The van der Waals surface area contributed by atoms with Crippen LogP contribution in [0.3, 0.4) is 0 Å². The third kappa shape index (κ3) is 5.27. The number of aromatic nitrogens is 1. The maximum Gasteiger partial charge on any atom is 0.315 e. The third-order valence-electron chi connectivity index (χ3n) is 6.25. The van der Waals surface area contributed by atoms with Crippen molar-refractivity contribution in [2.45, 2.75) is 44.1 Å². The number of carbonyl (C=O) groups excluding carboxylic acids is 2. The molecule has 1 saturated carbocycles. The first-order valence-corrected chi connectivity index (χ1v) is 11.3. The molecule has 0 bridgehead atoms. The molecule has 7 nitrogen and oxygen atoms in total. The van der Waals surface area contributed by atoms with Crippen molar-refractivity contribution in [3.8, 4) is 5.75 Å². The van der Waals surface area contributed by atoms with Gasteiger partial charge in [0.05, 0.1) is 7.11 Å². The fraction of sp³-hybridized carbons (Fsp3) is 0.360. The van der Waals surface area contributed by atoms with Crippen LogP contribution in [0, 0.1) is 5.82 Å². The molecule has 0 spiro atoms. The van der Waals surface area contributed by atoms with E-state index in [-0.39, 0.29) is 17.8 Å². The molecule has 0 saturated heterocycles. The van der Waals surface area contributed by atoms with E-state index in [1.165, 1.54) is 24.3 Å². The van der Waals surface area contributed by atoms with Gasteiger partial charge in [0.2, 0.25) is 5.91 Å². The van der Waals surface area contributed by atoms with Crippen LogP contribution in [0.2, 0.25) is 0 Å². The molecule has 8 heteroatoms. The normalized spacial score (nSPS) is 15.1. The number of urea groups is 1. The molecule has 1 fully saturated rings. The quantitative estimate of drug-likeness (QED) is 0.425. The Morgan fingerprint density at radius 2 is 1.85 bits per heavy atom. The van der Waals surface area contributed by atoms with Gasteiger partial charge in [-0.2, -0.15) is 0 Å². The highest BCUT2D eigenvalue weighted by molar-refractivity contribution is 6.00. The van der Waals surface area contributed by atoms with Gasteiger partial charge in [0, 0.05) is 29.3 Å². The van der Waals surface area contributed by atoms with Crippen molar-refractivity contribution in [1.82, 2.24) is 15.6 Å². The van der Waals surface area contributed by atoms with Crippen LogP contribution in [0.4, 0.5) is 14.9 Å². The SMILES string of the molecule is COc1ccc2[nH]cc(CCNC(=O)NC3(C(=O)Nc4ccc(F)cc4)CCCCC3)c2c1. The zero-order chi connectivity index (χ0) is 23.3. The second-order valence-electron chi connectivity index (χ2n) is 8.46. The van der Waals surface area contributed by atoms with E-state index < -0.39 is 5.54 Å². The van der Waals surface area contributed by atoms with Crippen molar-refractivity contribution in [2.24, 2.45) is 0 Å². The molecule has 174 valence electrons. The first-order chi connectivity index (χ1) is 16.0. The van der Waals surface area contributed by atoms with Gasteiger partial charge >= 0.3 is 6.03 Å². The first kappa shape index (κ1) is 22.6. The Labute approximate surface area is 192 Å². The smallest absolute Gasteiger partial charge is 0.315 e. The summed E-state index contributed by atoms with van der Waals surface area (Å²) in [5.74, 6) is 0.139. The van der Waals surface area contributed by atoms with Crippen LogP contribution >= 0.6 is 0 Å². The van der Waals surface area contributed by atoms with Gasteiger partial charge in [0.25, 0.3) is 0 Å². The molecular formula is C25H29FN4O3. The third-order valence-corrected chi connectivity index (χ3v) is 6.25. The number of rotatable bonds is 7. The molecule has 2 aromatic carbocycles. The minimum Gasteiger partial charge on any atom is -0.497 e. The molecule has 4 N–H and O–H groups in total. The summed E-state index contributed by atoms with van der Waals surface area (Å²) in [5.41, 5.74) is 1.60. The molecule has 1 aliphatic carbocycles. The number of halogens is 1. The summed E-state index contributed by atoms with van der Waals surface area (Å²) in [4.78, 5) is 29.1. The summed E-state index contributed by atoms with van der Waals surface area (Å²) < 4.78 is 18.5. The number of ether oxygens (including phenoxy) is 1. The van der Waals surface area contributed by atoms with Crippen molar-refractivity contribution >= 4 is 28.5 Å². The summed E-state index contributed by atoms with van der Waals surface area (Å²) in [6.07, 6.45) is 6.44. The van der Waals surface area contributed by atoms with E-state index in [0.717, 1.165) is 41.5 Å². The number of amides is 3. The molecule has 3 aromatic rings. The number of anilines is 1. The highest BCUT2D eigenvalue weighted by Gasteiger charge is 2.41. The van der Waals surface area contributed by atoms with Crippen molar-refractivity contribution < 1.29 is 18.7 Å². The molecule has 0 unspecified atom stereocenters. The van der Waals surface area contributed by atoms with Gasteiger partial charge in [-0.25, -0.2) is 9.18 Å². The van der Waals surface area contributed by atoms with Gasteiger partial charge in [0.1, 0.15) is 17.1 Å². The molecule has 0 aliphatic heterocycles. The van der Waals surface area contributed by atoms with E-state index in [1.54, 1.807) is 7.11 Å². The zero-order valence-electron chi connectivity index (χ0n) is 18.7. The molecule has 3 amide bonds. The predicted octanol–water partition coefficient (Wildman–Crippen LogP) is 4.50. The number of nitrogens with one attached hydrogen (secondary N) is 4. The minimum absolute atomic E-state index is 0.271. The second-order valence-corrected chi connectivity index (χ2v) is 8.46. The highest BCUT2D eigenvalue weighted by atomic mass is 19.1. The van der Waals surface area contributed by atoms with E-state index in [4.69, 9.17) is 4.74 Å². The monoisotopic (exact) mass is 452 g/mol. The van der Waals surface area contributed by atoms with Gasteiger partial charge in [-0.3, -0.25) is 4.79 Å². The molecule has 1 heterocycles. The van der Waals surface area contributed by atoms with Gasteiger partial charge < -0.3 is 25.7 Å². The summed E-state index contributed by atoms with van der Waals surface area (Å²) in [6, 6.07) is 11.1. The van der Waals surface area contributed by atoms with Crippen LogP contribution < -0.4 is 20.7 Å². The van der Waals surface area contributed by atoms with E-state index in [1.807, 2.05) is 24.4 Å². The second kappa shape index (κ2) is 9.94. The highest BCUT2D eigenvalue weighted by Crippen LogP contribution is 2.30. The maximum atomic E-state index is 13.2. The van der Waals surface area contributed by atoms with Crippen molar-refractivity contribution in [2.75, 3.05) is 19.0 Å². The average Bonchev–Trinajstić information content (AvgIpc) is 3.23. The number of methoxy groups -OCH3 is 1. The number of carbonyl (C=O) groups is 2. The lowest BCUT2D eigenvalue weighted by atomic mass is 9.81. The van der Waals surface area contributed by atoms with E-state index in [0.29, 0.717) is 31.5 Å².